The Hall–Kier alpha value is -1.88. The maximum absolute atomic E-state index is 12.5. The molecule has 0 saturated heterocycles. The number of nitrogens with zero attached hydrogens (tertiary/aromatic N) is 1. The Balaban J connectivity index is 0.00000232. The first-order valence-corrected chi connectivity index (χ1v) is 7.92. The molecule has 0 heterocycles. The fourth-order valence-electron chi connectivity index (χ4n) is 2.01. The van der Waals surface area contributed by atoms with E-state index in [0.717, 1.165) is 11.1 Å². The van der Waals surface area contributed by atoms with Gasteiger partial charge in [-0.15, -0.1) is 0 Å². The number of hydrogen-bond acceptors (Lipinski definition) is 4. The van der Waals surface area contributed by atoms with Gasteiger partial charge in [0, 0.05) is 18.5 Å². The summed E-state index contributed by atoms with van der Waals surface area (Å²) in [6, 6.07) is 7.64. The molecule has 0 atom stereocenters. The van der Waals surface area contributed by atoms with Gasteiger partial charge in [-0.25, -0.2) is 0 Å². The number of esters is 1. The lowest BCUT2D eigenvalue weighted by atomic mass is 9.94. The van der Waals surface area contributed by atoms with Gasteiger partial charge >= 0.3 is 5.97 Å². The number of rotatable bonds is 5. The third kappa shape index (κ3) is 6.82. The number of amides is 1. The van der Waals surface area contributed by atoms with Crippen LogP contribution in [0.4, 0.5) is 0 Å². The summed E-state index contributed by atoms with van der Waals surface area (Å²) in [6.45, 7) is 10.2. The van der Waals surface area contributed by atoms with E-state index in [4.69, 9.17) is 5.73 Å². The first-order chi connectivity index (χ1) is 10.8. The number of benzene rings is 1. The van der Waals surface area contributed by atoms with E-state index in [1.54, 1.807) is 0 Å². The molecule has 2 N–H and O–H groups in total. The van der Waals surface area contributed by atoms with Crippen molar-refractivity contribution in [3.05, 3.63) is 35.4 Å². The molecule has 0 unspecified atom stereocenters. The second-order valence-corrected chi connectivity index (χ2v) is 5.96. The maximum Gasteiger partial charge on any atom is 0.325 e. The highest BCUT2D eigenvalue weighted by Crippen LogP contribution is 2.20. The van der Waals surface area contributed by atoms with Gasteiger partial charge in [-0.05, 0) is 11.1 Å². The molecule has 0 aliphatic carbocycles. The molecule has 1 aromatic rings. The fourth-order valence-corrected chi connectivity index (χ4v) is 2.01. The molecule has 5 nitrogen and oxygen atoms in total. The molecule has 5 heteroatoms. The Kier molecular flexibility index (Phi) is 9.18. The van der Waals surface area contributed by atoms with Crippen LogP contribution in [-0.2, 0) is 27.4 Å². The predicted octanol–water partition coefficient (Wildman–Crippen LogP) is 2.72. The van der Waals surface area contributed by atoms with E-state index in [9.17, 15) is 9.59 Å². The Morgan fingerprint density at radius 1 is 1.13 bits per heavy atom. The van der Waals surface area contributed by atoms with Crippen LogP contribution in [0, 0.1) is 5.41 Å². The third-order valence-corrected chi connectivity index (χ3v) is 3.18. The first-order valence-electron chi connectivity index (χ1n) is 7.92. The van der Waals surface area contributed by atoms with Crippen LogP contribution in [0.15, 0.2) is 24.3 Å². The van der Waals surface area contributed by atoms with Crippen molar-refractivity contribution >= 4 is 11.9 Å². The van der Waals surface area contributed by atoms with Gasteiger partial charge in [0.05, 0.1) is 7.11 Å². The van der Waals surface area contributed by atoms with Crippen LogP contribution in [0.5, 0.6) is 0 Å². The highest BCUT2D eigenvalue weighted by Gasteiger charge is 2.29. The van der Waals surface area contributed by atoms with E-state index >= 15 is 0 Å². The van der Waals surface area contributed by atoms with Gasteiger partial charge in [0.15, 0.2) is 0 Å². The molecule has 1 aromatic carbocycles. The summed E-state index contributed by atoms with van der Waals surface area (Å²) in [5.41, 5.74) is 7.07. The molecule has 1 amide bonds. The standard InChI is InChI=1S/C16H24N2O3.C2H6/c1-16(2,3)15(20)18(11-14(19)21-4)10-13-8-6-5-7-12(13)9-17;1-2/h5-8H,9-11,17H2,1-4H3;1-2H3. The van der Waals surface area contributed by atoms with E-state index in [1.165, 1.54) is 12.0 Å². The van der Waals surface area contributed by atoms with Crippen molar-refractivity contribution in [1.82, 2.24) is 4.90 Å². The molecular weight excluding hydrogens is 292 g/mol. The van der Waals surface area contributed by atoms with Crippen molar-refractivity contribution in [2.75, 3.05) is 13.7 Å². The van der Waals surface area contributed by atoms with Gasteiger partial charge in [0.25, 0.3) is 0 Å². The van der Waals surface area contributed by atoms with Crippen molar-refractivity contribution in [2.45, 2.75) is 47.7 Å². The van der Waals surface area contributed by atoms with E-state index < -0.39 is 11.4 Å². The lowest BCUT2D eigenvalue weighted by Gasteiger charge is -2.29. The Bertz CT molecular complexity index is 507. The second kappa shape index (κ2) is 10.0. The van der Waals surface area contributed by atoms with Crippen molar-refractivity contribution in [2.24, 2.45) is 11.1 Å². The summed E-state index contributed by atoms with van der Waals surface area (Å²) in [4.78, 5) is 25.6. The molecule has 0 radical (unpaired) electrons. The second-order valence-electron chi connectivity index (χ2n) is 5.96. The van der Waals surface area contributed by atoms with Crippen LogP contribution in [0.25, 0.3) is 0 Å². The average Bonchev–Trinajstić information content (AvgIpc) is 2.54. The summed E-state index contributed by atoms with van der Waals surface area (Å²) in [7, 11) is 1.32. The van der Waals surface area contributed by atoms with Crippen molar-refractivity contribution in [3.8, 4) is 0 Å². The van der Waals surface area contributed by atoms with E-state index in [0.29, 0.717) is 13.1 Å². The zero-order chi connectivity index (χ0) is 18.0. The lowest BCUT2D eigenvalue weighted by Crippen LogP contribution is -2.42. The average molecular weight is 322 g/mol. The Labute approximate surface area is 139 Å². The minimum Gasteiger partial charge on any atom is -0.468 e. The van der Waals surface area contributed by atoms with Gasteiger partial charge in [-0.3, -0.25) is 9.59 Å². The molecule has 0 saturated carbocycles. The van der Waals surface area contributed by atoms with Crippen LogP contribution in [0.3, 0.4) is 0 Å². The summed E-state index contributed by atoms with van der Waals surface area (Å²) in [5, 5.41) is 0. The van der Waals surface area contributed by atoms with E-state index in [1.807, 2.05) is 58.9 Å². The molecular formula is C18H30N2O3. The van der Waals surface area contributed by atoms with Crippen molar-refractivity contribution in [1.29, 1.82) is 0 Å². The molecule has 130 valence electrons. The molecule has 0 aliphatic heterocycles. The Morgan fingerprint density at radius 3 is 2.09 bits per heavy atom. The normalized spacial score (nSPS) is 10.4. The monoisotopic (exact) mass is 322 g/mol. The molecule has 23 heavy (non-hydrogen) atoms. The van der Waals surface area contributed by atoms with Crippen molar-refractivity contribution < 1.29 is 14.3 Å². The fraction of sp³-hybridized carbons (Fsp3) is 0.556. The van der Waals surface area contributed by atoms with Gasteiger partial charge in [-0.2, -0.15) is 0 Å². The van der Waals surface area contributed by atoms with Crippen LogP contribution >= 0.6 is 0 Å². The molecule has 0 spiro atoms. The zero-order valence-corrected chi connectivity index (χ0v) is 15.2. The summed E-state index contributed by atoms with van der Waals surface area (Å²) >= 11 is 0. The van der Waals surface area contributed by atoms with E-state index in [-0.39, 0.29) is 12.5 Å². The minimum atomic E-state index is -0.564. The van der Waals surface area contributed by atoms with Gasteiger partial charge in [-0.1, -0.05) is 58.9 Å². The molecule has 1 rings (SSSR count). The van der Waals surface area contributed by atoms with E-state index in [2.05, 4.69) is 4.74 Å². The molecule has 0 aromatic heterocycles. The lowest BCUT2D eigenvalue weighted by molar-refractivity contribution is -0.150. The summed E-state index contributed by atoms with van der Waals surface area (Å²) in [5.74, 6) is -0.530. The SMILES string of the molecule is CC.COC(=O)CN(Cc1ccccc1CN)C(=O)C(C)(C)C. The summed E-state index contributed by atoms with van der Waals surface area (Å²) < 4.78 is 4.68. The highest BCUT2D eigenvalue weighted by molar-refractivity contribution is 5.85. The predicted molar refractivity (Wildman–Crippen MR) is 92.6 cm³/mol. The topological polar surface area (TPSA) is 72.6 Å². The number of carbonyl (C=O) groups excluding carboxylic acids is 2. The van der Waals surface area contributed by atoms with Gasteiger partial charge in [0.1, 0.15) is 6.54 Å². The quantitative estimate of drug-likeness (QED) is 0.846. The third-order valence-electron chi connectivity index (χ3n) is 3.18. The molecule has 0 aliphatic rings. The first kappa shape index (κ1) is 21.1. The zero-order valence-electron chi connectivity index (χ0n) is 15.2. The van der Waals surface area contributed by atoms with Crippen LogP contribution in [-0.4, -0.2) is 30.4 Å². The molecule has 0 fully saturated rings. The number of methoxy groups -OCH3 is 1. The number of nitrogens with two attached hydrogens (primary N) is 1. The smallest absolute Gasteiger partial charge is 0.325 e. The number of hydrogen-bond donors (Lipinski definition) is 1. The largest absolute Gasteiger partial charge is 0.468 e. The Morgan fingerprint density at radius 2 is 1.65 bits per heavy atom. The van der Waals surface area contributed by atoms with Gasteiger partial charge < -0.3 is 15.4 Å². The highest BCUT2D eigenvalue weighted by atomic mass is 16.5. The summed E-state index contributed by atoms with van der Waals surface area (Å²) in [6.07, 6.45) is 0. The van der Waals surface area contributed by atoms with Gasteiger partial charge in [0.2, 0.25) is 5.91 Å². The number of ether oxygens (including phenoxy) is 1. The van der Waals surface area contributed by atoms with Crippen LogP contribution < -0.4 is 5.73 Å². The van der Waals surface area contributed by atoms with Crippen LogP contribution in [0.2, 0.25) is 0 Å². The van der Waals surface area contributed by atoms with Crippen LogP contribution in [0.1, 0.15) is 45.7 Å². The molecule has 0 bridgehead atoms. The van der Waals surface area contributed by atoms with Crippen molar-refractivity contribution in [3.63, 3.8) is 0 Å². The number of carbonyl (C=O) groups is 2. The minimum absolute atomic E-state index is 0.0640. The maximum atomic E-state index is 12.5.